The van der Waals surface area contributed by atoms with Crippen molar-refractivity contribution in [2.45, 2.75) is 72.4 Å². The number of nitrogens with one attached hydrogen (secondary N) is 1. The summed E-state index contributed by atoms with van der Waals surface area (Å²) < 4.78 is 0. The quantitative estimate of drug-likeness (QED) is 0.713. The van der Waals surface area contributed by atoms with Crippen LogP contribution in [0.15, 0.2) is 0 Å². The van der Waals surface area contributed by atoms with Crippen LogP contribution in [0.2, 0.25) is 0 Å². The van der Waals surface area contributed by atoms with Crippen molar-refractivity contribution in [1.82, 2.24) is 10.2 Å². The second-order valence-electron chi connectivity index (χ2n) is 7.80. The molecule has 0 rings (SSSR count). The van der Waals surface area contributed by atoms with E-state index in [4.69, 9.17) is 0 Å². The van der Waals surface area contributed by atoms with Gasteiger partial charge in [0.15, 0.2) is 0 Å². The zero-order valence-corrected chi connectivity index (χ0v) is 14.4. The zero-order valence-electron chi connectivity index (χ0n) is 14.4. The number of aliphatic hydroxyl groups is 1. The Morgan fingerprint density at radius 1 is 0.947 bits per heavy atom. The van der Waals surface area contributed by atoms with Crippen molar-refractivity contribution in [3.8, 4) is 0 Å². The monoisotopic (exact) mass is 272 g/mol. The summed E-state index contributed by atoms with van der Waals surface area (Å²) in [6.45, 7) is 17.7. The van der Waals surface area contributed by atoms with E-state index in [9.17, 15) is 5.11 Å². The van der Waals surface area contributed by atoms with Crippen LogP contribution >= 0.6 is 0 Å². The first-order chi connectivity index (χ1) is 8.43. The highest BCUT2D eigenvalue weighted by Crippen LogP contribution is 2.27. The molecular weight excluding hydrogens is 236 g/mol. The van der Waals surface area contributed by atoms with Crippen molar-refractivity contribution in [1.29, 1.82) is 0 Å². The summed E-state index contributed by atoms with van der Waals surface area (Å²) in [7, 11) is 2.11. The summed E-state index contributed by atoms with van der Waals surface area (Å²) in [5, 5.41) is 13.6. The van der Waals surface area contributed by atoms with Crippen LogP contribution in [0.4, 0.5) is 0 Å². The Bertz CT molecular complexity index is 246. The molecule has 0 saturated carbocycles. The summed E-state index contributed by atoms with van der Waals surface area (Å²) in [5.74, 6) is 0. The fourth-order valence-corrected chi connectivity index (χ4v) is 2.52. The average Bonchev–Trinajstić information content (AvgIpc) is 2.20. The standard InChI is InChI=1S/C16H36N2O/c1-9-16(10-2,11-17-14(3,4)5)13-18(8)12-15(6,7)19/h17,19H,9-13H2,1-8H3. The molecule has 19 heavy (non-hydrogen) atoms. The fourth-order valence-electron chi connectivity index (χ4n) is 2.52. The van der Waals surface area contributed by atoms with Crippen LogP contribution in [0.3, 0.4) is 0 Å². The van der Waals surface area contributed by atoms with Crippen molar-refractivity contribution in [3.05, 3.63) is 0 Å². The highest BCUT2D eigenvalue weighted by Gasteiger charge is 2.30. The Morgan fingerprint density at radius 3 is 1.74 bits per heavy atom. The minimum atomic E-state index is -0.626. The van der Waals surface area contributed by atoms with E-state index in [1.807, 2.05) is 13.8 Å². The molecule has 0 aliphatic heterocycles. The number of nitrogens with zero attached hydrogens (tertiary/aromatic N) is 1. The maximum absolute atomic E-state index is 9.93. The lowest BCUT2D eigenvalue weighted by molar-refractivity contribution is 0.0273. The molecule has 3 heteroatoms. The third-order valence-corrected chi connectivity index (χ3v) is 3.76. The Hall–Kier alpha value is -0.120. The molecular formula is C16H36N2O. The lowest BCUT2D eigenvalue weighted by atomic mass is 9.81. The van der Waals surface area contributed by atoms with Crippen LogP contribution in [0.1, 0.15) is 61.3 Å². The molecule has 0 radical (unpaired) electrons. The SMILES string of the molecule is CCC(CC)(CNC(C)(C)C)CN(C)CC(C)(C)O. The molecule has 0 aliphatic rings. The van der Waals surface area contributed by atoms with Crippen molar-refractivity contribution >= 4 is 0 Å². The Balaban J connectivity index is 4.61. The third kappa shape index (κ3) is 8.61. The lowest BCUT2D eigenvalue weighted by Crippen LogP contribution is -2.49. The molecule has 0 aliphatic carbocycles. The molecule has 2 N–H and O–H groups in total. The van der Waals surface area contributed by atoms with E-state index in [-0.39, 0.29) is 11.0 Å². The van der Waals surface area contributed by atoms with Gasteiger partial charge in [-0.2, -0.15) is 0 Å². The van der Waals surface area contributed by atoms with Crippen molar-refractivity contribution in [2.24, 2.45) is 5.41 Å². The molecule has 0 heterocycles. The Kier molecular flexibility index (Phi) is 7.01. The molecule has 0 aromatic rings. The van der Waals surface area contributed by atoms with Crippen molar-refractivity contribution in [2.75, 3.05) is 26.7 Å². The largest absolute Gasteiger partial charge is 0.389 e. The molecule has 0 bridgehead atoms. The molecule has 0 aromatic carbocycles. The van der Waals surface area contributed by atoms with Gasteiger partial charge in [-0.05, 0) is 59.9 Å². The molecule has 0 amide bonds. The molecule has 3 nitrogen and oxygen atoms in total. The van der Waals surface area contributed by atoms with Gasteiger partial charge in [-0.3, -0.25) is 0 Å². The van der Waals surface area contributed by atoms with E-state index in [0.717, 1.165) is 25.9 Å². The van der Waals surface area contributed by atoms with Crippen LogP contribution in [0.25, 0.3) is 0 Å². The topological polar surface area (TPSA) is 35.5 Å². The van der Waals surface area contributed by atoms with Gasteiger partial charge in [0.2, 0.25) is 0 Å². The molecule has 0 saturated heterocycles. The number of rotatable bonds is 8. The molecule has 0 fully saturated rings. The van der Waals surface area contributed by atoms with E-state index in [1.165, 1.54) is 0 Å². The van der Waals surface area contributed by atoms with Gasteiger partial charge in [0.05, 0.1) is 5.60 Å². The summed E-state index contributed by atoms with van der Waals surface area (Å²) >= 11 is 0. The summed E-state index contributed by atoms with van der Waals surface area (Å²) in [4.78, 5) is 2.26. The number of hydrogen-bond acceptors (Lipinski definition) is 3. The first-order valence-electron chi connectivity index (χ1n) is 7.59. The molecule has 0 spiro atoms. The van der Waals surface area contributed by atoms with Crippen LogP contribution in [0, 0.1) is 5.41 Å². The second-order valence-corrected chi connectivity index (χ2v) is 7.80. The minimum Gasteiger partial charge on any atom is -0.389 e. The highest BCUT2D eigenvalue weighted by atomic mass is 16.3. The van der Waals surface area contributed by atoms with Gasteiger partial charge in [-0.25, -0.2) is 0 Å². The normalized spacial score (nSPS) is 14.2. The first kappa shape index (κ1) is 18.9. The van der Waals surface area contributed by atoms with Crippen LogP contribution in [-0.4, -0.2) is 47.8 Å². The third-order valence-electron chi connectivity index (χ3n) is 3.76. The zero-order chi connectivity index (χ0) is 15.3. The molecule has 116 valence electrons. The second kappa shape index (κ2) is 7.05. The smallest absolute Gasteiger partial charge is 0.0718 e. The minimum absolute atomic E-state index is 0.157. The van der Waals surface area contributed by atoms with E-state index in [2.05, 4.69) is 51.9 Å². The van der Waals surface area contributed by atoms with Crippen molar-refractivity contribution in [3.63, 3.8) is 0 Å². The molecule has 0 aromatic heterocycles. The predicted molar refractivity (Wildman–Crippen MR) is 84.6 cm³/mol. The Morgan fingerprint density at radius 2 is 1.42 bits per heavy atom. The van der Waals surface area contributed by atoms with Gasteiger partial charge < -0.3 is 15.3 Å². The highest BCUT2D eigenvalue weighted by molar-refractivity contribution is 4.86. The van der Waals surface area contributed by atoms with E-state index >= 15 is 0 Å². The number of hydrogen-bond donors (Lipinski definition) is 2. The van der Waals surface area contributed by atoms with Crippen molar-refractivity contribution < 1.29 is 5.11 Å². The van der Waals surface area contributed by atoms with E-state index < -0.39 is 5.60 Å². The van der Waals surface area contributed by atoms with Gasteiger partial charge >= 0.3 is 0 Å². The van der Waals surface area contributed by atoms with Gasteiger partial charge in [0.25, 0.3) is 0 Å². The van der Waals surface area contributed by atoms with Gasteiger partial charge in [-0.1, -0.05) is 13.8 Å². The molecule has 0 atom stereocenters. The Labute approximate surface area is 120 Å². The van der Waals surface area contributed by atoms with Crippen LogP contribution in [-0.2, 0) is 0 Å². The lowest BCUT2D eigenvalue weighted by Gasteiger charge is -2.39. The summed E-state index contributed by atoms with van der Waals surface area (Å²) in [6, 6.07) is 0. The van der Waals surface area contributed by atoms with Gasteiger partial charge in [0.1, 0.15) is 0 Å². The van der Waals surface area contributed by atoms with Crippen LogP contribution in [0.5, 0.6) is 0 Å². The predicted octanol–water partition coefficient (Wildman–Crippen LogP) is 2.88. The summed E-state index contributed by atoms with van der Waals surface area (Å²) in [5.41, 5.74) is -0.183. The fraction of sp³-hybridized carbons (Fsp3) is 1.00. The maximum Gasteiger partial charge on any atom is 0.0718 e. The molecule has 0 unspecified atom stereocenters. The van der Waals surface area contributed by atoms with E-state index in [1.54, 1.807) is 0 Å². The first-order valence-corrected chi connectivity index (χ1v) is 7.59. The van der Waals surface area contributed by atoms with Crippen LogP contribution < -0.4 is 5.32 Å². The van der Waals surface area contributed by atoms with E-state index in [0.29, 0.717) is 6.54 Å². The van der Waals surface area contributed by atoms with Gasteiger partial charge in [-0.15, -0.1) is 0 Å². The maximum atomic E-state index is 9.93. The average molecular weight is 272 g/mol. The summed E-state index contributed by atoms with van der Waals surface area (Å²) in [6.07, 6.45) is 2.31. The number of likely N-dealkylation sites (N-methyl/N-ethyl adjacent to an activating group) is 1. The van der Waals surface area contributed by atoms with Gasteiger partial charge in [0, 0.05) is 25.2 Å².